The van der Waals surface area contributed by atoms with Gasteiger partial charge in [-0.1, -0.05) is 57.2 Å². The summed E-state index contributed by atoms with van der Waals surface area (Å²) in [5.41, 5.74) is 0.866. The molecule has 0 spiro atoms. The number of thioether (sulfide) groups is 1. The van der Waals surface area contributed by atoms with E-state index in [9.17, 15) is 9.59 Å². The minimum absolute atomic E-state index is 0.125. The molecule has 0 aromatic carbocycles. The van der Waals surface area contributed by atoms with Gasteiger partial charge in [-0.25, -0.2) is 4.98 Å². The molecule has 1 aliphatic rings. The zero-order chi connectivity index (χ0) is 21.7. The van der Waals surface area contributed by atoms with Crippen LogP contribution >= 0.6 is 24.0 Å². The Hall–Kier alpha value is -2.19. The van der Waals surface area contributed by atoms with Gasteiger partial charge in [0, 0.05) is 25.8 Å². The molecule has 2 aromatic rings. The molecule has 8 heteroatoms. The lowest BCUT2D eigenvalue weighted by atomic mass is 10.2. The largest absolute Gasteiger partial charge is 0.356 e. The number of hydrogen-bond donors (Lipinski definition) is 0. The lowest BCUT2D eigenvalue weighted by molar-refractivity contribution is -0.122. The van der Waals surface area contributed by atoms with Crippen molar-refractivity contribution in [1.29, 1.82) is 0 Å². The Morgan fingerprint density at radius 2 is 1.87 bits per heavy atom. The Kier molecular flexibility index (Phi) is 7.66. The number of rotatable bonds is 9. The SMILES string of the molecule is CCCCN1C(=O)C(=Cc2c(N(CCC)CCC)nc3ccccn3c2=O)SC1=S. The van der Waals surface area contributed by atoms with Crippen molar-refractivity contribution in [1.82, 2.24) is 14.3 Å². The van der Waals surface area contributed by atoms with E-state index in [1.54, 1.807) is 23.2 Å². The summed E-state index contributed by atoms with van der Waals surface area (Å²) in [7, 11) is 0. The van der Waals surface area contributed by atoms with Crippen molar-refractivity contribution in [2.24, 2.45) is 0 Å². The van der Waals surface area contributed by atoms with Gasteiger partial charge >= 0.3 is 0 Å². The molecule has 2 aromatic heterocycles. The summed E-state index contributed by atoms with van der Waals surface area (Å²) in [6.45, 7) is 8.49. The minimum Gasteiger partial charge on any atom is -0.356 e. The van der Waals surface area contributed by atoms with Crippen molar-refractivity contribution in [3.05, 3.63) is 45.2 Å². The summed E-state index contributed by atoms with van der Waals surface area (Å²) in [5, 5.41) is 0. The molecule has 3 heterocycles. The van der Waals surface area contributed by atoms with Crippen LogP contribution in [0.1, 0.15) is 52.0 Å². The first-order valence-corrected chi connectivity index (χ1v) is 11.8. The van der Waals surface area contributed by atoms with Crippen LogP contribution in [0.3, 0.4) is 0 Å². The zero-order valence-corrected chi connectivity index (χ0v) is 19.4. The fourth-order valence-electron chi connectivity index (χ4n) is 3.46. The van der Waals surface area contributed by atoms with E-state index in [1.807, 2.05) is 12.1 Å². The Labute approximate surface area is 187 Å². The van der Waals surface area contributed by atoms with Gasteiger partial charge in [0.15, 0.2) is 0 Å². The van der Waals surface area contributed by atoms with Crippen LogP contribution in [0.4, 0.5) is 5.82 Å². The Morgan fingerprint density at radius 1 is 1.13 bits per heavy atom. The van der Waals surface area contributed by atoms with Crippen molar-refractivity contribution in [2.45, 2.75) is 46.5 Å². The number of fused-ring (bicyclic) bond motifs is 1. The monoisotopic (exact) mass is 444 g/mol. The van der Waals surface area contributed by atoms with Crippen LogP contribution in [0.15, 0.2) is 34.1 Å². The van der Waals surface area contributed by atoms with Crippen LogP contribution in [-0.2, 0) is 4.79 Å². The van der Waals surface area contributed by atoms with Gasteiger partial charge in [0.25, 0.3) is 11.5 Å². The normalized spacial score (nSPS) is 15.6. The summed E-state index contributed by atoms with van der Waals surface area (Å²) in [5.74, 6) is 0.508. The quantitative estimate of drug-likeness (QED) is 0.424. The van der Waals surface area contributed by atoms with Gasteiger partial charge in [0.1, 0.15) is 15.8 Å². The molecule has 0 saturated carbocycles. The van der Waals surface area contributed by atoms with Crippen molar-refractivity contribution < 1.29 is 4.79 Å². The average Bonchev–Trinajstić information content (AvgIpc) is 3.01. The van der Waals surface area contributed by atoms with E-state index in [4.69, 9.17) is 17.2 Å². The number of aromatic nitrogens is 2. The lowest BCUT2D eigenvalue weighted by Gasteiger charge is -2.24. The van der Waals surface area contributed by atoms with Crippen molar-refractivity contribution in [2.75, 3.05) is 24.5 Å². The van der Waals surface area contributed by atoms with Crippen LogP contribution in [0.5, 0.6) is 0 Å². The molecule has 1 aliphatic heterocycles. The summed E-state index contributed by atoms with van der Waals surface area (Å²) in [6.07, 6.45) is 7.16. The molecule has 0 unspecified atom stereocenters. The van der Waals surface area contributed by atoms with Gasteiger partial charge in [0.2, 0.25) is 0 Å². The van der Waals surface area contributed by atoms with E-state index in [0.717, 1.165) is 38.8 Å². The molecular weight excluding hydrogens is 416 g/mol. The smallest absolute Gasteiger partial charge is 0.267 e. The highest BCUT2D eigenvalue weighted by molar-refractivity contribution is 8.26. The number of nitrogens with zero attached hydrogens (tertiary/aromatic N) is 4. The van der Waals surface area contributed by atoms with Gasteiger partial charge in [-0.2, -0.15) is 0 Å². The molecule has 0 bridgehead atoms. The molecule has 0 N–H and O–H groups in total. The number of carbonyl (C=O) groups excluding carboxylic acids is 1. The number of thiocarbonyl (C=S) groups is 1. The second kappa shape index (κ2) is 10.2. The fourth-order valence-corrected chi connectivity index (χ4v) is 4.75. The molecule has 0 atom stereocenters. The third-order valence-electron chi connectivity index (χ3n) is 4.92. The maximum absolute atomic E-state index is 13.4. The second-order valence-corrected chi connectivity index (χ2v) is 8.93. The van der Waals surface area contributed by atoms with E-state index in [1.165, 1.54) is 16.2 Å². The number of amides is 1. The van der Waals surface area contributed by atoms with Crippen LogP contribution in [0, 0.1) is 0 Å². The summed E-state index contributed by atoms with van der Waals surface area (Å²) >= 11 is 6.68. The van der Waals surface area contributed by atoms with E-state index in [0.29, 0.717) is 32.8 Å². The molecule has 1 saturated heterocycles. The third-order valence-corrected chi connectivity index (χ3v) is 6.30. The average molecular weight is 445 g/mol. The number of unbranched alkanes of at least 4 members (excludes halogenated alkanes) is 1. The second-order valence-electron chi connectivity index (χ2n) is 7.26. The number of anilines is 1. The summed E-state index contributed by atoms with van der Waals surface area (Å²) in [4.78, 5) is 35.4. The maximum Gasteiger partial charge on any atom is 0.267 e. The molecule has 160 valence electrons. The predicted molar refractivity (Wildman–Crippen MR) is 129 cm³/mol. The topological polar surface area (TPSA) is 57.9 Å². The highest BCUT2D eigenvalue weighted by atomic mass is 32.2. The van der Waals surface area contributed by atoms with E-state index in [2.05, 4.69) is 25.7 Å². The summed E-state index contributed by atoms with van der Waals surface area (Å²) < 4.78 is 2.08. The highest BCUT2D eigenvalue weighted by Gasteiger charge is 2.32. The fraction of sp³-hybridized carbons (Fsp3) is 0.455. The lowest BCUT2D eigenvalue weighted by Crippen LogP contribution is -2.31. The Bertz CT molecular complexity index is 1030. The molecular formula is C22H28N4O2S2. The van der Waals surface area contributed by atoms with Crippen molar-refractivity contribution in [3.63, 3.8) is 0 Å². The van der Waals surface area contributed by atoms with Gasteiger partial charge in [-0.3, -0.25) is 18.9 Å². The van der Waals surface area contributed by atoms with Gasteiger partial charge < -0.3 is 4.90 Å². The van der Waals surface area contributed by atoms with E-state index in [-0.39, 0.29) is 11.5 Å². The molecule has 30 heavy (non-hydrogen) atoms. The molecule has 0 radical (unpaired) electrons. The highest BCUT2D eigenvalue weighted by Crippen LogP contribution is 2.33. The first-order chi connectivity index (χ1) is 14.5. The Morgan fingerprint density at radius 3 is 2.53 bits per heavy atom. The van der Waals surface area contributed by atoms with E-state index < -0.39 is 0 Å². The summed E-state index contributed by atoms with van der Waals surface area (Å²) in [6, 6.07) is 5.50. The van der Waals surface area contributed by atoms with Crippen LogP contribution in [0.2, 0.25) is 0 Å². The minimum atomic E-state index is -0.174. The molecule has 3 rings (SSSR count). The maximum atomic E-state index is 13.4. The number of pyridine rings is 1. The van der Waals surface area contributed by atoms with Gasteiger partial charge in [0.05, 0.1) is 10.5 Å². The third kappa shape index (κ3) is 4.59. The van der Waals surface area contributed by atoms with E-state index >= 15 is 0 Å². The van der Waals surface area contributed by atoms with Crippen LogP contribution < -0.4 is 10.5 Å². The van der Waals surface area contributed by atoms with Crippen molar-refractivity contribution in [3.8, 4) is 0 Å². The molecule has 1 amide bonds. The molecule has 1 fully saturated rings. The first-order valence-electron chi connectivity index (χ1n) is 10.5. The molecule has 0 aliphatic carbocycles. The molecule has 6 nitrogen and oxygen atoms in total. The number of carbonyl (C=O) groups is 1. The van der Waals surface area contributed by atoms with Gasteiger partial charge in [-0.15, -0.1) is 0 Å². The Balaban J connectivity index is 2.14. The van der Waals surface area contributed by atoms with Crippen LogP contribution in [-0.4, -0.2) is 44.1 Å². The van der Waals surface area contributed by atoms with Gasteiger partial charge in [-0.05, 0) is 37.5 Å². The standard InChI is InChI=1S/C22H28N4O2S2/c1-4-7-13-26-21(28)17(30-22(26)29)15-16-19(24(11-5-2)12-6-3)23-18-10-8-9-14-25(18)20(16)27/h8-10,14-15H,4-7,11-13H2,1-3H3. The van der Waals surface area contributed by atoms with Crippen molar-refractivity contribution >= 4 is 51.7 Å². The zero-order valence-electron chi connectivity index (χ0n) is 17.8. The van der Waals surface area contributed by atoms with Crippen LogP contribution in [0.25, 0.3) is 11.7 Å². The first kappa shape index (κ1) is 22.5. The predicted octanol–water partition coefficient (Wildman–Crippen LogP) is 4.32. The number of hydrogen-bond acceptors (Lipinski definition) is 6.